The lowest BCUT2D eigenvalue weighted by molar-refractivity contribution is -0.116. The number of rotatable bonds is 7. The number of nitrogens with zero attached hydrogens (tertiary/aromatic N) is 1. The zero-order valence-electron chi connectivity index (χ0n) is 12.0. The first-order valence-electron chi connectivity index (χ1n) is 6.96. The maximum absolute atomic E-state index is 11.9. The molecule has 1 aromatic carbocycles. The third kappa shape index (κ3) is 5.19. The molecule has 2 aromatic rings. The van der Waals surface area contributed by atoms with E-state index in [0.717, 1.165) is 24.1 Å². The van der Waals surface area contributed by atoms with Crippen molar-refractivity contribution < 1.29 is 4.79 Å². The molecule has 5 heteroatoms. The van der Waals surface area contributed by atoms with Crippen LogP contribution in [0.4, 0.5) is 0 Å². The molecule has 0 atom stereocenters. The van der Waals surface area contributed by atoms with Gasteiger partial charge in [0.15, 0.2) is 5.16 Å². The third-order valence-electron chi connectivity index (χ3n) is 2.89. The van der Waals surface area contributed by atoms with Gasteiger partial charge in [-0.15, -0.1) is 0 Å². The predicted octanol–water partition coefficient (Wildman–Crippen LogP) is 2.63. The normalized spacial score (nSPS) is 10.5. The molecule has 0 unspecified atom stereocenters. The van der Waals surface area contributed by atoms with E-state index in [0.29, 0.717) is 17.3 Å². The molecule has 0 aliphatic rings. The molecule has 1 heterocycles. The summed E-state index contributed by atoms with van der Waals surface area (Å²) in [5, 5.41) is 0.521. The van der Waals surface area contributed by atoms with E-state index in [1.807, 2.05) is 37.3 Å². The van der Waals surface area contributed by atoms with Gasteiger partial charge in [0.05, 0.1) is 5.75 Å². The first-order valence-corrected chi connectivity index (χ1v) is 7.94. The highest BCUT2D eigenvalue weighted by atomic mass is 32.2. The van der Waals surface area contributed by atoms with Crippen molar-refractivity contribution in [3.05, 3.63) is 58.0 Å². The minimum absolute atomic E-state index is 0.120. The molecule has 0 bridgehead atoms. The quantitative estimate of drug-likeness (QED) is 0.631. The van der Waals surface area contributed by atoms with E-state index in [4.69, 9.17) is 0 Å². The summed E-state index contributed by atoms with van der Waals surface area (Å²) in [7, 11) is 0. The van der Waals surface area contributed by atoms with Crippen molar-refractivity contribution in [2.24, 2.45) is 0 Å². The van der Waals surface area contributed by atoms with E-state index in [2.05, 4.69) is 9.97 Å². The van der Waals surface area contributed by atoms with Gasteiger partial charge in [-0.25, -0.2) is 4.98 Å². The number of aryl methyl sites for hydroxylation is 1. The molecule has 1 aromatic heterocycles. The molecule has 0 spiro atoms. The number of carbonyl (C=O) groups excluding carboxylic acids is 1. The zero-order chi connectivity index (χ0) is 15.1. The Balaban J connectivity index is 1.93. The summed E-state index contributed by atoms with van der Waals surface area (Å²) in [6.07, 6.45) is 2.12. The number of nitrogens with one attached hydrogen (secondary N) is 1. The average molecular weight is 302 g/mol. The number of ketones is 1. The second kappa shape index (κ2) is 7.78. The van der Waals surface area contributed by atoms with Crippen molar-refractivity contribution in [3.8, 4) is 0 Å². The number of thioether (sulfide) groups is 1. The summed E-state index contributed by atoms with van der Waals surface area (Å²) in [5.41, 5.74) is 1.62. The Morgan fingerprint density at radius 3 is 2.76 bits per heavy atom. The SMILES string of the molecule is CCCc1cc(=O)[nH]c(SCC(=O)Cc2ccccc2)n1. The summed E-state index contributed by atoms with van der Waals surface area (Å²) in [5.74, 6) is 0.433. The van der Waals surface area contributed by atoms with Gasteiger partial charge in [-0.2, -0.15) is 0 Å². The zero-order valence-corrected chi connectivity index (χ0v) is 12.8. The van der Waals surface area contributed by atoms with Gasteiger partial charge in [-0.1, -0.05) is 55.4 Å². The molecule has 110 valence electrons. The Morgan fingerprint density at radius 2 is 2.05 bits per heavy atom. The molecule has 0 aliphatic carbocycles. The largest absolute Gasteiger partial charge is 0.301 e. The monoisotopic (exact) mass is 302 g/mol. The average Bonchev–Trinajstić information content (AvgIpc) is 2.46. The fourth-order valence-electron chi connectivity index (χ4n) is 1.96. The van der Waals surface area contributed by atoms with Gasteiger partial charge in [0.25, 0.3) is 5.56 Å². The molecule has 0 aliphatic heterocycles. The van der Waals surface area contributed by atoms with Crippen LogP contribution in [-0.4, -0.2) is 21.5 Å². The molecular weight excluding hydrogens is 284 g/mol. The van der Waals surface area contributed by atoms with Crippen LogP contribution in [0.15, 0.2) is 46.3 Å². The number of carbonyl (C=O) groups is 1. The minimum atomic E-state index is -0.161. The molecular formula is C16H18N2O2S. The standard InChI is InChI=1S/C16H18N2O2S/c1-2-6-13-10-15(20)18-16(17-13)21-11-14(19)9-12-7-4-3-5-8-12/h3-5,7-8,10H,2,6,9,11H2,1H3,(H,17,18,20). The molecule has 0 radical (unpaired) electrons. The molecule has 4 nitrogen and oxygen atoms in total. The van der Waals surface area contributed by atoms with Gasteiger partial charge in [0, 0.05) is 18.2 Å². The summed E-state index contributed by atoms with van der Waals surface area (Å²) >= 11 is 1.29. The number of hydrogen-bond donors (Lipinski definition) is 1. The van der Waals surface area contributed by atoms with E-state index in [1.165, 1.54) is 17.8 Å². The van der Waals surface area contributed by atoms with Crippen LogP contribution in [0.3, 0.4) is 0 Å². The van der Waals surface area contributed by atoms with Crippen LogP contribution in [0.25, 0.3) is 0 Å². The number of aromatic amines is 1. The van der Waals surface area contributed by atoms with Crippen LogP contribution in [0.1, 0.15) is 24.6 Å². The van der Waals surface area contributed by atoms with Gasteiger partial charge in [0.2, 0.25) is 0 Å². The highest BCUT2D eigenvalue weighted by molar-refractivity contribution is 7.99. The van der Waals surface area contributed by atoms with Crippen LogP contribution >= 0.6 is 11.8 Å². The second-order valence-corrected chi connectivity index (χ2v) is 5.75. The lowest BCUT2D eigenvalue weighted by atomic mass is 10.1. The lowest BCUT2D eigenvalue weighted by Gasteiger charge is -2.03. The molecule has 21 heavy (non-hydrogen) atoms. The summed E-state index contributed by atoms with van der Waals surface area (Å²) < 4.78 is 0. The molecule has 0 fully saturated rings. The Kier molecular flexibility index (Phi) is 5.75. The summed E-state index contributed by atoms with van der Waals surface area (Å²) in [6.45, 7) is 2.04. The van der Waals surface area contributed by atoms with E-state index in [-0.39, 0.29) is 11.3 Å². The van der Waals surface area contributed by atoms with Crippen LogP contribution in [0.2, 0.25) is 0 Å². The lowest BCUT2D eigenvalue weighted by Crippen LogP contribution is -2.12. The van der Waals surface area contributed by atoms with E-state index in [1.54, 1.807) is 0 Å². The van der Waals surface area contributed by atoms with Gasteiger partial charge >= 0.3 is 0 Å². The number of benzene rings is 1. The van der Waals surface area contributed by atoms with Gasteiger partial charge in [-0.05, 0) is 12.0 Å². The number of Topliss-reactive ketones (excluding diaryl/α,β-unsaturated/α-hetero) is 1. The van der Waals surface area contributed by atoms with Crippen molar-refractivity contribution in [2.75, 3.05) is 5.75 Å². The number of aromatic nitrogens is 2. The van der Waals surface area contributed by atoms with Crippen molar-refractivity contribution >= 4 is 17.5 Å². The van der Waals surface area contributed by atoms with Crippen molar-refractivity contribution in [1.82, 2.24) is 9.97 Å². The maximum atomic E-state index is 11.9. The first kappa shape index (κ1) is 15.5. The minimum Gasteiger partial charge on any atom is -0.301 e. The van der Waals surface area contributed by atoms with E-state index in [9.17, 15) is 9.59 Å². The highest BCUT2D eigenvalue weighted by Gasteiger charge is 2.07. The molecule has 0 saturated carbocycles. The maximum Gasteiger partial charge on any atom is 0.251 e. The summed E-state index contributed by atoms with van der Waals surface area (Å²) in [6, 6.07) is 11.1. The smallest absolute Gasteiger partial charge is 0.251 e. The second-order valence-electron chi connectivity index (χ2n) is 4.78. The third-order valence-corrected chi connectivity index (χ3v) is 3.83. The van der Waals surface area contributed by atoms with Crippen LogP contribution in [0.5, 0.6) is 0 Å². The number of H-pyrrole nitrogens is 1. The Morgan fingerprint density at radius 1 is 1.29 bits per heavy atom. The molecule has 0 saturated heterocycles. The fraction of sp³-hybridized carbons (Fsp3) is 0.312. The van der Waals surface area contributed by atoms with Crippen molar-refractivity contribution in [2.45, 2.75) is 31.3 Å². The Bertz CT molecular complexity index is 653. The van der Waals surface area contributed by atoms with Crippen molar-refractivity contribution in [1.29, 1.82) is 0 Å². The van der Waals surface area contributed by atoms with E-state index >= 15 is 0 Å². The topological polar surface area (TPSA) is 62.8 Å². The van der Waals surface area contributed by atoms with Crippen LogP contribution in [-0.2, 0) is 17.6 Å². The van der Waals surface area contributed by atoms with Gasteiger partial charge in [0.1, 0.15) is 5.78 Å². The van der Waals surface area contributed by atoms with Crippen LogP contribution in [0, 0.1) is 0 Å². The highest BCUT2D eigenvalue weighted by Crippen LogP contribution is 2.13. The molecule has 2 rings (SSSR count). The Hall–Kier alpha value is -1.88. The Labute approximate surface area is 128 Å². The number of hydrogen-bond acceptors (Lipinski definition) is 4. The first-order chi connectivity index (χ1) is 10.2. The summed E-state index contributed by atoms with van der Waals surface area (Å²) in [4.78, 5) is 30.5. The van der Waals surface area contributed by atoms with Gasteiger partial charge in [-0.3, -0.25) is 9.59 Å². The predicted molar refractivity (Wildman–Crippen MR) is 84.7 cm³/mol. The fourth-order valence-corrected chi connectivity index (χ4v) is 2.71. The van der Waals surface area contributed by atoms with Crippen LogP contribution < -0.4 is 5.56 Å². The molecule has 0 amide bonds. The van der Waals surface area contributed by atoms with Gasteiger partial charge < -0.3 is 4.98 Å². The molecule has 1 N–H and O–H groups in total. The van der Waals surface area contributed by atoms with E-state index < -0.39 is 0 Å². The van der Waals surface area contributed by atoms with Crippen molar-refractivity contribution in [3.63, 3.8) is 0 Å².